The second-order valence-electron chi connectivity index (χ2n) is 3.31. The fourth-order valence-electron chi connectivity index (χ4n) is 0.870. The van der Waals surface area contributed by atoms with E-state index in [9.17, 15) is 0 Å². The third-order valence-electron chi connectivity index (χ3n) is 2.01. The van der Waals surface area contributed by atoms with Gasteiger partial charge in [-0.2, -0.15) is 0 Å². The van der Waals surface area contributed by atoms with Gasteiger partial charge in [-0.1, -0.05) is 26.0 Å². The van der Waals surface area contributed by atoms with E-state index in [1.54, 1.807) is 0 Å². The van der Waals surface area contributed by atoms with E-state index in [2.05, 4.69) is 20.4 Å². The number of epoxide rings is 1. The lowest BCUT2D eigenvalue weighted by molar-refractivity contribution is 0.394. The summed E-state index contributed by atoms with van der Waals surface area (Å²) < 4.78 is 5.10. The molecule has 0 aromatic heterocycles. The summed E-state index contributed by atoms with van der Waals surface area (Å²) in [4.78, 5) is 0. The molecule has 58 valence electrons. The van der Waals surface area contributed by atoms with Crippen molar-refractivity contribution in [2.24, 2.45) is 5.92 Å². The van der Waals surface area contributed by atoms with E-state index in [4.69, 9.17) is 4.74 Å². The molecule has 0 bridgehead atoms. The molecular formula is C9H16O. The largest absolute Gasteiger partial charge is 0.373 e. The topological polar surface area (TPSA) is 12.5 Å². The molecule has 0 amide bonds. The van der Waals surface area contributed by atoms with E-state index >= 15 is 0 Å². The van der Waals surface area contributed by atoms with E-state index in [0.717, 1.165) is 13.0 Å². The molecule has 0 saturated carbocycles. The summed E-state index contributed by atoms with van der Waals surface area (Å²) in [6, 6.07) is 0. The first-order chi connectivity index (χ1) is 4.70. The molecule has 1 atom stereocenters. The Balaban J connectivity index is 2.05. The number of rotatable bonds is 4. The molecule has 0 aromatic carbocycles. The molecule has 1 unspecified atom stereocenters. The van der Waals surface area contributed by atoms with Crippen molar-refractivity contribution >= 4 is 0 Å². The number of allylic oxidation sites excluding steroid dienone is 1. The summed E-state index contributed by atoms with van der Waals surface area (Å²) in [6.07, 6.45) is 2.88. The van der Waals surface area contributed by atoms with Gasteiger partial charge in [0.25, 0.3) is 0 Å². The van der Waals surface area contributed by atoms with Gasteiger partial charge in [-0.3, -0.25) is 0 Å². The molecule has 1 aliphatic rings. The molecule has 1 rings (SSSR count). The van der Waals surface area contributed by atoms with Crippen LogP contribution in [0.15, 0.2) is 12.2 Å². The van der Waals surface area contributed by atoms with Crippen LogP contribution in [0.1, 0.15) is 26.7 Å². The third-order valence-corrected chi connectivity index (χ3v) is 2.01. The highest BCUT2D eigenvalue weighted by molar-refractivity contribution is 4.98. The van der Waals surface area contributed by atoms with E-state index < -0.39 is 0 Å². The lowest BCUT2D eigenvalue weighted by atomic mass is 10.00. The van der Waals surface area contributed by atoms with E-state index in [1.807, 2.05) is 0 Å². The lowest BCUT2D eigenvalue weighted by Crippen LogP contribution is -1.94. The van der Waals surface area contributed by atoms with Crippen LogP contribution >= 0.6 is 0 Å². The zero-order valence-electron chi connectivity index (χ0n) is 6.89. The Kier molecular flexibility index (Phi) is 2.50. The van der Waals surface area contributed by atoms with Gasteiger partial charge in [0.05, 0.1) is 12.7 Å². The SMILES string of the molecule is C=C(CCC1CO1)C(C)C. The predicted molar refractivity (Wildman–Crippen MR) is 43.0 cm³/mol. The van der Waals surface area contributed by atoms with Crippen LogP contribution in [0.3, 0.4) is 0 Å². The average Bonchev–Trinajstić information content (AvgIpc) is 2.64. The van der Waals surface area contributed by atoms with Gasteiger partial charge < -0.3 is 4.74 Å². The van der Waals surface area contributed by atoms with E-state index in [-0.39, 0.29) is 0 Å². The van der Waals surface area contributed by atoms with Crippen molar-refractivity contribution < 1.29 is 4.74 Å². The Labute approximate surface area is 63.1 Å². The zero-order valence-corrected chi connectivity index (χ0v) is 6.89. The molecule has 0 aliphatic carbocycles. The van der Waals surface area contributed by atoms with Gasteiger partial charge in [0.1, 0.15) is 0 Å². The highest BCUT2D eigenvalue weighted by Crippen LogP contribution is 2.21. The summed E-state index contributed by atoms with van der Waals surface area (Å²) >= 11 is 0. The van der Waals surface area contributed by atoms with Crippen molar-refractivity contribution in [3.05, 3.63) is 12.2 Å². The fraction of sp³-hybridized carbons (Fsp3) is 0.778. The Hall–Kier alpha value is -0.300. The van der Waals surface area contributed by atoms with Crippen LogP contribution in [-0.4, -0.2) is 12.7 Å². The Bertz CT molecular complexity index is 123. The Morgan fingerprint density at radius 3 is 2.70 bits per heavy atom. The van der Waals surface area contributed by atoms with Crippen LogP contribution in [0.5, 0.6) is 0 Å². The standard InChI is InChI=1S/C9H16O/c1-7(2)8(3)4-5-9-6-10-9/h7,9H,3-6H2,1-2H3. The van der Waals surface area contributed by atoms with Crippen LogP contribution in [0.4, 0.5) is 0 Å². The maximum Gasteiger partial charge on any atom is 0.0813 e. The highest BCUT2D eigenvalue weighted by atomic mass is 16.6. The minimum Gasteiger partial charge on any atom is -0.373 e. The van der Waals surface area contributed by atoms with Gasteiger partial charge in [-0.15, -0.1) is 0 Å². The molecule has 1 fully saturated rings. The highest BCUT2D eigenvalue weighted by Gasteiger charge is 2.21. The molecular weight excluding hydrogens is 124 g/mol. The molecule has 10 heavy (non-hydrogen) atoms. The second kappa shape index (κ2) is 3.20. The fourth-order valence-corrected chi connectivity index (χ4v) is 0.870. The molecule has 1 nitrogen and oxygen atoms in total. The summed E-state index contributed by atoms with van der Waals surface area (Å²) in [5.74, 6) is 0.638. The number of hydrogen-bond donors (Lipinski definition) is 0. The maximum absolute atomic E-state index is 5.10. The zero-order chi connectivity index (χ0) is 7.56. The third kappa shape index (κ3) is 2.53. The van der Waals surface area contributed by atoms with Crippen molar-refractivity contribution in [2.75, 3.05) is 6.61 Å². The molecule has 0 aromatic rings. The molecule has 1 saturated heterocycles. The van der Waals surface area contributed by atoms with E-state index in [0.29, 0.717) is 12.0 Å². The molecule has 1 heteroatoms. The van der Waals surface area contributed by atoms with Gasteiger partial charge in [-0.05, 0) is 18.8 Å². The molecule has 1 aliphatic heterocycles. The van der Waals surface area contributed by atoms with Gasteiger partial charge in [0.15, 0.2) is 0 Å². The van der Waals surface area contributed by atoms with Crippen molar-refractivity contribution in [3.8, 4) is 0 Å². The Morgan fingerprint density at radius 1 is 1.70 bits per heavy atom. The van der Waals surface area contributed by atoms with Crippen LogP contribution in [0.25, 0.3) is 0 Å². The first kappa shape index (κ1) is 7.80. The molecule has 0 spiro atoms. The first-order valence-corrected chi connectivity index (χ1v) is 3.99. The predicted octanol–water partition coefficient (Wildman–Crippen LogP) is 2.38. The van der Waals surface area contributed by atoms with E-state index in [1.165, 1.54) is 12.0 Å². The minimum absolute atomic E-state index is 0.565. The molecule has 1 heterocycles. The van der Waals surface area contributed by atoms with Crippen molar-refractivity contribution in [3.63, 3.8) is 0 Å². The van der Waals surface area contributed by atoms with Crippen LogP contribution in [-0.2, 0) is 4.74 Å². The molecule has 0 N–H and O–H groups in total. The average molecular weight is 140 g/mol. The number of ether oxygens (including phenoxy) is 1. The van der Waals surface area contributed by atoms with Crippen molar-refractivity contribution in [1.29, 1.82) is 0 Å². The summed E-state index contributed by atoms with van der Waals surface area (Å²) in [5.41, 5.74) is 1.36. The first-order valence-electron chi connectivity index (χ1n) is 3.99. The smallest absolute Gasteiger partial charge is 0.0813 e. The van der Waals surface area contributed by atoms with Crippen LogP contribution in [0.2, 0.25) is 0 Å². The quantitative estimate of drug-likeness (QED) is 0.431. The van der Waals surface area contributed by atoms with Gasteiger partial charge in [0, 0.05) is 0 Å². The van der Waals surface area contributed by atoms with Gasteiger partial charge in [-0.25, -0.2) is 0 Å². The van der Waals surface area contributed by atoms with Crippen molar-refractivity contribution in [1.82, 2.24) is 0 Å². The lowest BCUT2D eigenvalue weighted by Gasteiger charge is -2.06. The number of hydrogen-bond acceptors (Lipinski definition) is 1. The normalized spacial score (nSPS) is 23.3. The van der Waals surface area contributed by atoms with Crippen LogP contribution < -0.4 is 0 Å². The van der Waals surface area contributed by atoms with Gasteiger partial charge in [0.2, 0.25) is 0 Å². The monoisotopic (exact) mass is 140 g/mol. The summed E-state index contributed by atoms with van der Waals surface area (Å²) in [7, 11) is 0. The van der Waals surface area contributed by atoms with Crippen LogP contribution in [0, 0.1) is 5.92 Å². The summed E-state index contributed by atoms with van der Waals surface area (Å²) in [6.45, 7) is 9.36. The molecule has 0 radical (unpaired) electrons. The van der Waals surface area contributed by atoms with Gasteiger partial charge >= 0.3 is 0 Å². The Morgan fingerprint density at radius 2 is 2.30 bits per heavy atom. The van der Waals surface area contributed by atoms with Crippen molar-refractivity contribution in [2.45, 2.75) is 32.8 Å². The minimum atomic E-state index is 0.565. The summed E-state index contributed by atoms with van der Waals surface area (Å²) in [5, 5.41) is 0. The maximum atomic E-state index is 5.10. The second-order valence-corrected chi connectivity index (χ2v) is 3.31.